The van der Waals surface area contributed by atoms with Crippen molar-refractivity contribution in [1.29, 1.82) is 0 Å². The number of aliphatic hydroxyl groups excluding tert-OH is 1. The van der Waals surface area contributed by atoms with E-state index in [1.807, 2.05) is 0 Å². The van der Waals surface area contributed by atoms with E-state index in [0.717, 1.165) is 6.92 Å². The van der Waals surface area contributed by atoms with Gasteiger partial charge in [0.15, 0.2) is 0 Å². The Labute approximate surface area is 109 Å². The van der Waals surface area contributed by atoms with Gasteiger partial charge in [-0.15, -0.1) is 0 Å². The van der Waals surface area contributed by atoms with Crippen LogP contribution < -0.4 is 5.32 Å². The van der Waals surface area contributed by atoms with Crippen LogP contribution in [0.15, 0.2) is 30.3 Å². The minimum absolute atomic E-state index is 0.365. The molecule has 0 aliphatic heterocycles. The molecule has 1 unspecified atom stereocenters. The SMILES string of the molecule is CC(CC(=O)N[C@@H](CO)c1ccccc1)C(F)(F)F. The van der Waals surface area contributed by atoms with Crippen molar-refractivity contribution >= 4 is 5.91 Å². The molecule has 1 aromatic rings. The smallest absolute Gasteiger partial charge is 0.392 e. The molecule has 1 amide bonds. The van der Waals surface area contributed by atoms with Crippen molar-refractivity contribution in [2.45, 2.75) is 25.6 Å². The predicted molar refractivity (Wildman–Crippen MR) is 64.2 cm³/mol. The number of amides is 1. The van der Waals surface area contributed by atoms with Crippen molar-refractivity contribution in [1.82, 2.24) is 5.32 Å². The number of benzene rings is 1. The largest absolute Gasteiger partial charge is 0.394 e. The molecule has 106 valence electrons. The number of aliphatic hydroxyl groups is 1. The number of halogens is 3. The molecule has 2 N–H and O–H groups in total. The van der Waals surface area contributed by atoms with Crippen molar-refractivity contribution in [3.05, 3.63) is 35.9 Å². The number of hydrogen-bond donors (Lipinski definition) is 2. The lowest BCUT2D eigenvalue weighted by molar-refractivity contribution is -0.174. The molecule has 1 rings (SSSR count). The highest BCUT2D eigenvalue weighted by atomic mass is 19.4. The molecule has 0 aliphatic carbocycles. The van der Waals surface area contributed by atoms with Crippen LogP contribution in [0.25, 0.3) is 0 Å². The maximum atomic E-state index is 12.3. The van der Waals surface area contributed by atoms with Gasteiger partial charge in [0.05, 0.1) is 18.6 Å². The molecule has 0 heterocycles. The van der Waals surface area contributed by atoms with Gasteiger partial charge in [-0.2, -0.15) is 13.2 Å². The normalized spacial score (nSPS) is 14.8. The maximum Gasteiger partial charge on any atom is 0.392 e. The van der Waals surface area contributed by atoms with E-state index in [0.29, 0.717) is 5.56 Å². The average Bonchev–Trinajstić information content (AvgIpc) is 2.35. The van der Waals surface area contributed by atoms with Crippen LogP contribution in [0, 0.1) is 5.92 Å². The Bertz CT molecular complexity index is 406. The highest BCUT2D eigenvalue weighted by Gasteiger charge is 2.37. The minimum atomic E-state index is -4.39. The second-order valence-corrected chi connectivity index (χ2v) is 4.36. The molecule has 19 heavy (non-hydrogen) atoms. The van der Waals surface area contributed by atoms with Crippen LogP contribution in [0.3, 0.4) is 0 Å². The van der Waals surface area contributed by atoms with Crippen LogP contribution in [0.1, 0.15) is 24.9 Å². The Morgan fingerprint density at radius 2 is 1.89 bits per heavy atom. The maximum absolute atomic E-state index is 12.3. The molecule has 0 radical (unpaired) electrons. The zero-order chi connectivity index (χ0) is 14.5. The summed E-state index contributed by atoms with van der Waals surface area (Å²) in [4.78, 5) is 11.5. The molecule has 1 aromatic carbocycles. The van der Waals surface area contributed by atoms with E-state index in [-0.39, 0.29) is 6.61 Å². The molecule has 6 heteroatoms. The third kappa shape index (κ3) is 4.90. The predicted octanol–water partition coefficient (Wildman–Crippen LogP) is 2.42. The van der Waals surface area contributed by atoms with Crippen LogP contribution in [-0.4, -0.2) is 23.8 Å². The average molecular weight is 275 g/mol. The number of hydrogen-bond acceptors (Lipinski definition) is 2. The Balaban J connectivity index is 2.60. The fourth-order valence-corrected chi connectivity index (χ4v) is 1.57. The number of alkyl halides is 3. The lowest BCUT2D eigenvalue weighted by Gasteiger charge is -2.19. The third-order valence-corrected chi connectivity index (χ3v) is 2.77. The van der Waals surface area contributed by atoms with Crippen molar-refractivity contribution < 1.29 is 23.1 Å². The van der Waals surface area contributed by atoms with Crippen LogP contribution in [0.4, 0.5) is 13.2 Å². The van der Waals surface area contributed by atoms with E-state index in [1.54, 1.807) is 30.3 Å². The lowest BCUT2D eigenvalue weighted by Crippen LogP contribution is -2.34. The first-order valence-electron chi connectivity index (χ1n) is 5.86. The van der Waals surface area contributed by atoms with Crippen molar-refractivity contribution in [3.8, 4) is 0 Å². The standard InChI is InChI=1S/C13H16F3NO2/c1-9(13(14,15)16)7-12(19)17-11(8-18)10-5-3-2-4-6-10/h2-6,9,11,18H,7-8H2,1H3,(H,17,19)/t9?,11-/m0/s1. The van der Waals surface area contributed by atoms with Gasteiger partial charge in [-0.3, -0.25) is 4.79 Å². The summed E-state index contributed by atoms with van der Waals surface area (Å²) in [6, 6.07) is 7.91. The summed E-state index contributed by atoms with van der Waals surface area (Å²) >= 11 is 0. The van der Waals surface area contributed by atoms with Gasteiger partial charge < -0.3 is 10.4 Å². The number of nitrogens with one attached hydrogen (secondary N) is 1. The van der Waals surface area contributed by atoms with Gasteiger partial charge in [0.25, 0.3) is 0 Å². The van der Waals surface area contributed by atoms with Gasteiger partial charge in [-0.05, 0) is 5.56 Å². The van der Waals surface area contributed by atoms with Gasteiger partial charge in [0.1, 0.15) is 0 Å². The second kappa shape index (κ2) is 6.56. The topological polar surface area (TPSA) is 49.3 Å². The van der Waals surface area contributed by atoms with E-state index in [2.05, 4.69) is 5.32 Å². The Morgan fingerprint density at radius 1 is 1.32 bits per heavy atom. The summed E-state index contributed by atoms with van der Waals surface area (Å²) in [5, 5.41) is 11.6. The van der Waals surface area contributed by atoms with E-state index in [4.69, 9.17) is 0 Å². The summed E-state index contributed by atoms with van der Waals surface area (Å²) in [5.41, 5.74) is 0.651. The van der Waals surface area contributed by atoms with Gasteiger partial charge in [-0.1, -0.05) is 37.3 Å². The second-order valence-electron chi connectivity index (χ2n) is 4.36. The van der Waals surface area contributed by atoms with Crippen LogP contribution in [0.2, 0.25) is 0 Å². The fourth-order valence-electron chi connectivity index (χ4n) is 1.57. The first-order chi connectivity index (χ1) is 8.84. The molecule has 0 aromatic heterocycles. The molecule has 0 spiro atoms. The molecule has 0 saturated carbocycles. The van der Waals surface area contributed by atoms with E-state index in [1.165, 1.54) is 0 Å². The molecule has 2 atom stereocenters. The minimum Gasteiger partial charge on any atom is -0.394 e. The molecular formula is C13H16F3NO2. The summed E-state index contributed by atoms with van der Waals surface area (Å²) < 4.78 is 37.0. The highest BCUT2D eigenvalue weighted by molar-refractivity contribution is 5.76. The van der Waals surface area contributed by atoms with Crippen molar-refractivity contribution in [3.63, 3.8) is 0 Å². The fraction of sp³-hybridized carbons (Fsp3) is 0.462. The van der Waals surface area contributed by atoms with Crippen LogP contribution >= 0.6 is 0 Å². The van der Waals surface area contributed by atoms with E-state index < -0.39 is 30.5 Å². The van der Waals surface area contributed by atoms with E-state index in [9.17, 15) is 23.1 Å². The zero-order valence-electron chi connectivity index (χ0n) is 10.4. The zero-order valence-corrected chi connectivity index (χ0v) is 10.4. The summed E-state index contributed by atoms with van der Waals surface area (Å²) in [6.45, 7) is 0.589. The van der Waals surface area contributed by atoms with Crippen molar-refractivity contribution in [2.24, 2.45) is 5.92 Å². The quantitative estimate of drug-likeness (QED) is 0.867. The van der Waals surface area contributed by atoms with Gasteiger partial charge in [0, 0.05) is 6.42 Å². The van der Waals surface area contributed by atoms with Gasteiger partial charge in [-0.25, -0.2) is 0 Å². The van der Waals surface area contributed by atoms with Crippen molar-refractivity contribution in [2.75, 3.05) is 6.61 Å². The third-order valence-electron chi connectivity index (χ3n) is 2.77. The van der Waals surface area contributed by atoms with Crippen LogP contribution in [0.5, 0.6) is 0 Å². The monoisotopic (exact) mass is 275 g/mol. The molecule has 3 nitrogen and oxygen atoms in total. The summed E-state index contributed by atoms with van der Waals surface area (Å²) in [6.07, 6.45) is -5.04. The molecule has 0 saturated heterocycles. The number of carbonyl (C=O) groups excluding carboxylic acids is 1. The molecule has 0 fully saturated rings. The molecular weight excluding hydrogens is 259 g/mol. The Kier molecular flexibility index (Phi) is 5.35. The highest BCUT2D eigenvalue weighted by Crippen LogP contribution is 2.28. The first-order valence-corrected chi connectivity index (χ1v) is 5.86. The summed E-state index contributed by atoms with van der Waals surface area (Å²) in [7, 11) is 0. The Morgan fingerprint density at radius 3 is 2.37 bits per heavy atom. The molecule has 0 aliphatic rings. The number of rotatable bonds is 5. The molecule has 0 bridgehead atoms. The van der Waals surface area contributed by atoms with E-state index >= 15 is 0 Å². The Hall–Kier alpha value is -1.56. The number of carbonyl (C=O) groups is 1. The van der Waals surface area contributed by atoms with Gasteiger partial charge in [0.2, 0.25) is 5.91 Å². The summed E-state index contributed by atoms with van der Waals surface area (Å²) in [5.74, 6) is -2.43. The first kappa shape index (κ1) is 15.5. The van der Waals surface area contributed by atoms with Crippen LogP contribution in [-0.2, 0) is 4.79 Å². The lowest BCUT2D eigenvalue weighted by atomic mass is 10.0. The van der Waals surface area contributed by atoms with Gasteiger partial charge >= 0.3 is 6.18 Å².